The molecule has 5 nitrogen and oxygen atoms in total. The van der Waals surface area contributed by atoms with Crippen molar-refractivity contribution in [3.05, 3.63) is 17.5 Å². The molecule has 1 unspecified atom stereocenters. The van der Waals surface area contributed by atoms with Crippen molar-refractivity contribution in [3.63, 3.8) is 0 Å². The number of carboxylic acid groups (broad SMARTS) is 1. The van der Waals surface area contributed by atoms with E-state index in [4.69, 9.17) is 5.11 Å². The number of nitrogens with zero attached hydrogens (tertiary/aromatic N) is 3. The molecule has 1 N–H and O–H groups in total. The molecule has 0 aromatic carbocycles. The first-order valence-electron chi connectivity index (χ1n) is 6.43. The molecule has 2 heterocycles. The molecule has 0 amide bonds. The van der Waals surface area contributed by atoms with Crippen LogP contribution >= 0.6 is 23.1 Å². The summed E-state index contributed by atoms with van der Waals surface area (Å²) < 4.78 is 2.04. The second kappa shape index (κ2) is 6.90. The highest BCUT2D eigenvalue weighted by atomic mass is 32.2. The van der Waals surface area contributed by atoms with E-state index < -0.39 is 5.97 Å². The minimum absolute atomic E-state index is 0.00306. The predicted molar refractivity (Wildman–Crippen MR) is 81.1 cm³/mol. The molecule has 0 radical (unpaired) electrons. The summed E-state index contributed by atoms with van der Waals surface area (Å²) in [7, 11) is 0. The van der Waals surface area contributed by atoms with Gasteiger partial charge in [-0.2, -0.15) is 0 Å². The van der Waals surface area contributed by atoms with Crippen LogP contribution in [-0.4, -0.2) is 31.6 Å². The van der Waals surface area contributed by atoms with Gasteiger partial charge in [-0.3, -0.25) is 4.79 Å². The Labute approximate surface area is 126 Å². The average molecular weight is 311 g/mol. The number of hydrogen-bond donors (Lipinski definition) is 1. The van der Waals surface area contributed by atoms with E-state index in [1.54, 1.807) is 11.3 Å². The first kappa shape index (κ1) is 15.1. The van der Waals surface area contributed by atoms with Crippen molar-refractivity contribution in [1.29, 1.82) is 0 Å². The number of hydrogen-bond acceptors (Lipinski definition) is 5. The fraction of sp³-hybridized carbons (Fsp3) is 0.462. The number of thiophene rings is 1. The van der Waals surface area contributed by atoms with Crippen LogP contribution in [0.2, 0.25) is 0 Å². The molecule has 0 saturated heterocycles. The van der Waals surface area contributed by atoms with Crippen LogP contribution in [0, 0.1) is 5.92 Å². The summed E-state index contributed by atoms with van der Waals surface area (Å²) in [4.78, 5) is 11.8. The van der Waals surface area contributed by atoms with Gasteiger partial charge >= 0.3 is 5.97 Å². The van der Waals surface area contributed by atoms with Crippen LogP contribution in [0.15, 0.2) is 22.7 Å². The summed E-state index contributed by atoms with van der Waals surface area (Å²) >= 11 is 2.83. The predicted octanol–water partition coefficient (Wildman–Crippen LogP) is 3.23. The monoisotopic (exact) mass is 311 g/mol. The molecule has 2 aromatic rings. The second-order valence-corrected chi connectivity index (χ2v) is 6.48. The maximum Gasteiger partial charge on any atom is 0.313 e. The lowest BCUT2D eigenvalue weighted by atomic mass is 10.1. The van der Waals surface area contributed by atoms with Gasteiger partial charge in [0.2, 0.25) is 0 Å². The molecule has 0 fully saturated rings. The molecule has 1 atom stereocenters. The molecule has 2 rings (SSSR count). The zero-order valence-electron chi connectivity index (χ0n) is 11.4. The second-order valence-electron chi connectivity index (χ2n) is 4.59. The van der Waals surface area contributed by atoms with Crippen molar-refractivity contribution in [2.45, 2.75) is 32.0 Å². The summed E-state index contributed by atoms with van der Waals surface area (Å²) in [5.41, 5.74) is 0. The molecule has 7 heteroatoms. The van der Waals surface area contributed by atoms with E-state index >= 15 is 0 Å². The molecule has 0 bridgehead atoms. The van der Waals surface area contributed by atoms with E-state index in [1.807, 2.05) is 22.1 Å². The fourth-order valence-electron chi connectivity index (χ4n) is 1.72. The van der Waals surface area contributed by atoms with E-state index in [-0.39, 0.29) is 5.75 Å². The van der Waals surface area contributed by atoms with Gasteiger partial charge in [-0.15, -0.1) is 21.5 Å². The number of thioether (sulfide) groups is 1. The molecule has 0 aliphatic rings. The normalized spacial score (nSPS) is 12.5. The zero-order valence-corrected chi connectivity index (χ0v) is 13.1. The maximum absolute atomic E-state index is 10.7. The Balaban J connectivity index is 2.29. The minimum atomic E-state index is -0.842. The Kier molecular flexibility index (Phi) is 5.19. The smallest absolute Gasteiger partial charge is 0.313 e. The third-order valence-corrected chi connectivity index (χ3v) is 4.79. The van der Waals surface area contributed by atoms with Gasteiger partial charge in [-0.25, -0.2) is 0 Å². The standard InChI is InChI=1S/C13H17N3O2S2/c1-3-9(2)7-16-12(10-5-4-6-19-10)14-15-13(16)20-8-11(17)18/h4-6,9H,3,7-8H2,1-2H3,(H,17,18). The SMILES string of the molecule is CCC(C)Cn1c(SCC(=O)O)nnc1-c1cccs1. The van der Waals surface area contributed by atoms with E-state index in [0.29, 0.717) is 11.1 Å². The number of carboxylic acids is 1. The Morgan fingerprint density at radius 3 is 2.95 bits per heavy atom. The Morgan fingerprint density at radius 1 is 1.55 bits per heavy atom. The van der Waals surface area contributed by atoms with Crippen molar-refractivity contribution in [2.75, 3.05) is 5.75 Å². The molecule has 2 aromatic heterocycles. The Bertz CT molecular complexity index is 566. The summed E-state index contributed by atoms with van der Waals surface area (Å²) in [5.74, 6) is 0.483. The van der Waals surface area contributed by atoms with Crippen molar-refractivity contribution in [3.8, 4) is 10.7 Å². The zero-order chi connectivity index (χ0) is 14.5. The third kappa shape index (κ3) is 3.61. The van der Waals surface area contributed by atoms with Crippen molar-refractivity contribution < 1.29 is 9.90 Å². The minimum Gasteiger partial charge on any atom is -0.481 e. The first-order valence-corrected chi connectivity index (χ1v) is 8.30. The van der Waals surface area contributed by atoms with Crippen LogP contribution in [0.3, 0.4) is 0 Å². The van der Waals surface area contributed by atoms with Crippen molar-refractivity contribution in [1.82, 2.24) is 14.8 Å². The maximum atomic E-state index is 10.7. The van der Waals surface area contributed by atoms with Gasteiger partial charge in [0, 0.05) is 6.54 Å². The van der Waals surface area contributed by atoms with Gasteiger partial charge in [0.25, 0.3) is 0 Å². The van der Waals surface area contributed by atoms with Crippen LogP contribution in [0.25, 0.3) is 10.7 Å². The lowest BCUT2D eigenvalue weighted by Crippen LogP contribution is -2.10. The average Bonchev–Trinajstić information content (AvgIpc) is 3.05. The van der Waals surface area contributed by atoms with Gasteiger partial charge in [0.15, 0.2) is 11.0 Å². The molecular formula is C13H17N3O2S2. The Morgan fingerprint density at radius 2 is 2.35 bits per heavy atom. The molecule has 108 valence electrons. The number of aromatic nitrogens is 3. The van der Waals surface area contributed by atoms with Crippen molar-refractivity contribution in [2.24, 2.45) is 5.92 Å². The molecule has 20 heavy (non-hydrogen) atoms. The molecular weight excluding hydrogens is 294 g/mol. The quantitative estimate of drug-likeness (QED) is 0.795. The fourth-order valence-corrected chi connectivity index (χ4v) is 3.10. The highest BCUT2D eigenvalue weighted by molar-refractivity contribution is 7.99. The summed E-state index contributed by atoms with van der Waals surface area (Å²) in [5, 5.41) is 19.9. The lowest BCUT2D eigenvalue weighted by molar-refractivity contribution is -0.133. The molecule has 0 aliphatic heterocycles. The molecule has 0 aliphatic carbocycles. The molecule has 0 spiro atoms. The summed E-state index contributed by atoms with van der Waals surface area (Å²) in [6.07, 6.45) is 1.06. The van der Waals surface area contributed by atoms with Crippen LogP contribution in [-0.2, 0) is 11.3 Å². The molecule has 0 saturated carbocycles. The largest absolute Gasteiger partial charge is 0.481 e. The topological polar surface area (TPSA) is 68.0 Å². The van der Waals surface area contributed by atoms with Gasteiger partial charge in [-0.05, 0) is 17.4 Å². The number of aliphatic carboxylic acids is 1. The Hall–Kier alpha value is -1.34. The summed E-state index contributed by atoms with van der Waals surface area (Å²) in [6, 6.07) is 3.99. The van der Waals surface area contributed by atoms with E-state index in [9.17, 15) is 4.79 Å². The van der Waals surface area contributed by atoms with Crippen LogP contribution < -0.4 is 0 Å². The number of carbonyl (C=O) groups is 1. The van der Waals surface area contributed by atoms with Gasteiger partial charge in [0.05, 0.1) is 10.6 Å². The van der Waals surface area contributed by atoms with Gasteiger partial charge < -0.3 is 9.67 Å². The van der Waals surface area contributed by atoms with E-state index in [0.717, 1.165) is 23.7 Å². The highest BCUT2D eigenvalue weighted by Crippen LogP contribution is 2.28. The van der Waals surface area contributed by atoms with Gasteiger partial charge in [0.1, 0.15) is 0 Å². The summed E-state index contributed by atoms with van der Waals surface area (Å²) in [6.45, 7) is 5.12. The highest BCUT2D eigenvalue weighted by Gasteiger charge is 2.17. The van der Waals surface area contributed by atoms with Gasteiger partial charge in [-0.1, -0.05) is 38.1 Å². The first-order chi connectivity index (χ1) is 9.61. The third-order valence-electron chi connectivity index (χ3n) is 2.97. The van der Waals surface area contributed by atoms with Crippen LogP contribution in [0.5, 0.6) is 0 Å². The van der Waals surface area contributed by atoms with E-state index in [2.05, 4.69) is 24.0 Å². The number of rotatable bonds is 7. The lowest BCUT2D eigenvalue weighted by Gasteiger charge is -2.13. The van der Waals surface area contributed by atoms with E-state index in [1.165, 1.54) is 11.8 Å². The van der Waals surface area contributed by atoms with Crippen LogP contribution in [0.1, 0.15) is 20.3 Å². The van der Waals surface area contributed by atoms with Crippen molar-refractivity contribution >= 4 is 29.1 Å². The van der Waals surface area contributed by atoms with Crippen LogP contribution in [0.4, 0.5) is 0 Å².